The maximum Gasteiger partial charge on any atom is 0.244 e. The molecule has 0 radical (unpaired) electrons. The van der Waals surface area contributed by atoms with E-state index in [0.29, 0.717) is 36.1 Å². The molecule has 1 saturated heterocycles. The number of ether oxygens (including phenoxy) is 1. The van der Waals surface area contributed by atoms with Crippen molar-refractivity contribution in [3.8, 4) is 0 Å². The molecule has 2 heterocycles. The third kappa shape index (κ3) is 2.75. The Balaban J connectivity index is 2.31. The van der Waals surface area contributed by atoms with E-state index in [-0.39, 0.29) is 6.61 Å². The summed E-state index contributed by atoms with van der Waals surface area (Å²) in [5, 5.41) is 9.08. The lowest BCUT2D eigenvalue weighted by Crippen LogP contribution is -2.33. The maximum atomic E-state index is 12.5. The van der Waals surface area contributed by atoms with Crippen LogP contribution in [0.2, 0.25) is 0 Å². The average Bonchev–Trinajstić information content (AvgIpc) is 2.55. The number of rotatable bonds is 3. The van der Waals surface area contributed by atoms with E-state index in [1.807, 2.05) is 0 Å². The number of hydrogen-bond donors (Lipinski definition) is 1. The molecule has 2 rings (SSSR count). The quantitative estimate of drug-likeness (QED) is 0.901. The van der Waals surface area contributed by atoms with Crippen molar-refractivity contribution in [2.75, 3.05) is 26.3 Å². The molecular weight excluding hydrogens is 274 g/mol. The number of aliphatic hydroxyl groups is 1. The van der Waals surface area contributed by atoms with Crippen LogP contribution in [-0.4, -0.2) is 44.1 Å². The van der Waals surface area contributed by atoms with Crippen molar-refractivity contribution < 1.29 is 18.3 Å². The molecular formula is C11H17NO4S2. The van der Waals surface area contributed by atoms with Crippen molar-refractivity contribution in [2.24, 2.45) is 0 Å². The summed E-state index contributed by atoms with van der Waals surface area (Å²) in [6.45, 7) is 3.58. The fourth-order valence-corrected chi connectivity index (χ4v) is 4.89. The molecule has 0 aliphatic carbocycles. The Labute approximate surface area is 111 Å². The molecule has 0 spiro atoms. The van der Waals surface area contributed by atoms with Crippen LogP contribution in [0.25, 0.3) is 0 Å². The highest BCUT2D eigenvalue weighted by Crippen LogP contribution is 2.28. The molecule has 0 bridgehead atoms. The zero-order valence-electron chi connectivity index (χ0n) is 10.3. The van der Waals surface area contributed by atoms with E-state index in [0.717, 1.165) is 11.3 Å². The van der Waals surface area contributed by atoms with Crippen molar-refractivity contribution >= 4 is 21.4 Å². The van der Waals surface area contributed by atoms with Crippen molar-refractivity contribution in [3.63, 3.8) is 0 Å². The minimum atomic E-state index is -3.45. The van der Waals surface area contributed by atoms with Gasteiger partial charge in [0.2, 0.25) is 10.0 Å². The summed E-state index contributed by atoms with van der Waals surface area (Å²) in [7, 11) is -3.45. The molecule has 1 aromatic rings. The van der Waals surface area contributed by atoms with E-state index in [2.05, 4.69) is 0 Å². The summed E-state index contributed by atoms with van der Waals surface area (Å²) in [5.74, 6) is 0. The van der Waals surface area contributed by atoms with Crippen molar-refractivity contribution in [2.45, 2.75) is 24.8 Å². The molecule has 18 heavy (non-hydrogen) atoms. The van der Waals surface area contributed by atoms with Gasteiger partial charge >= 0.3 is 0 Å². The van der Waals surface area contributed by atoms with Gasteiger partial charge in [0.25, 0.3) is 0 Å². The van der Waals surface area contributed by atoms with Gasteiger partial charge < -0.3 is 9.84 Å². The number of thiophene rings is 1. The SMILES string of the molecule is Cc1sc(CO)cc1S(=O)(=O)N1CCCOCC1. The highest BCUT2D eigenvalue weighted by Gasteiger charge is 2.28. The van der Waals surface area contributed by atoms with Gasteiger partial charge in [-0.15, -0.1) is 11.3 Å². The minimum absolute atomic E-state index is 0.121. The topological polar surface area (TPSA) is 66.8 Å². The Morgan fingerprint density at radius 3 is 2.89 bits per heavy atom. The van der Waals surface area contributed by atoms with E-state index < -0.39 is 10.0 Å². The van der Waals surface area contributed by atoms with Crippen molar-refractivity contribution in [1.82, 2.24) is 4.31 Å². The van der Waals surface area contributed by atoms with Crippen LogP contribution in [0.1, 0.15) is 16.2 Å². The van der Waals surface area contributed by atoms with Crippen LogP contribution in [0.4, 0.5) is 0 Å². The minimum Gasteiger partial charge on any atom is -0.391 e. The fraction of sp³-hybridized carbons (Fsp3) is 0.636. The zero-order valence-corrected chi connectivity index (χ0v) is 11.9. The lowest BCUT2D eigenvalue weighted by molar-refractivity contribution is 0.148. The molecule has 0 atom stereocenters. The van der Waals surface area contributed by atoms with Gasteiger partial charge in [0.15, 0.2) is 0 Å². The first-order valence-corrected chi connectivity index (χ1v) is 8.09. The van der Waals surface area contributed by atoms with Crippen molar-refractivity contribution in [1.29, 1.82) is 0 Å². The summed E-state index contributed by atoms with van der Waals surface area (Å²) in [5.41, 5.74) is 0. The first kappa shape index (κ1) is 14.0. The van der Waals surface area contributed by atoms with Gasteiger partial charge in [-0.3, -0.25) is 0 Å². The van der Waals surface area contributed by atoms with Gasteiger partial charge in [0.1, 0.15) is 0 Å². The van der Waals surface area contributed by atoms with Gasteiger partial charge in [-0.2, -0.15) is 4.31 Å². The third-order valence-electron chi connectivity index (χ3n) is 2.88. The second-order valence-corrected chi connectivity index (χ2v) is 7.41. The van der Waals surface area contributed by atoms with E-state index in [1.54, 1.807) is 13.0 Å². The summed E-state index contributed by atoms with van der Waals surface area (Å²) in [6, 6.07) is 1.57. The molecule has 102 valence electrons. The summed E-state index contributed by atoms with van der Waals surface area (Å²) >= 11 is 1.32. The monoisotopic (exact) mass is 291 g/mol. The van der Waals surface area contributed by atoms with Gasteiger partial charge in [-0.25, -0.2) is 8.42 Å². The molecule has 5 nitrogen and oxygen atoms in total. The predicted octanol–water partition coefficient (Wildman–Crippen LogP) is 0.960. The highest BCUT2D eigenvalue weighted by molar-refractivity contribution is 7.89. The number of aliphatic hydroxyl groups excluding tert-OH is 1. The maximum absolute atomic E-state index is 12.5. The van der Waals surface area contributed by atoms with Crippen LogP contribution in [0, 0.1) is 6.92 Å². The lowest BCUT2D eigenvalue weighted by Gasteiger charge is -2.18. The molecule has 0 amide bonds. The van der Waals surface area contributed by atoms with Crippen molar-refractivity contribution in [3.05, 3.63) is 15.8 Å². The number of sulfonamides is 1. The number of nitrogens with zero attached hydrogens (tertiary/aromatic N) is 1. The van der Waals surface area contributed by atoms with Gasteiger partial charge in [0, 0.05) is 29.5 Å². The summed E-state index contributed by atoms with van der Waals surface area (Å²) in [4.78, 5) is 1.72. The Kier molecular flexibility index (Phi) is 4.39. The fourth-order valence-electron chi connectivity index (χ4n) is 1.96. The Morgan fingerprint density at radius 1 is 1.44 bits per heavy atom. The van der Waals surface area contributed by atoms with Crippen LogP contribution in [0.15, 0.2) is 11.0 Å². The van der Waals surface area contributed by atoms with Gasteiger partial charge in [0.05, 0.1) is 18.1 Å². The molecule has 1 N–H and O–H groups in total. The molecule has 0 aromatic carbocycles. The van der Waals surface area contributed by atoms with Crippen LogP contribution in [0.3, 0.4) is 0 Å². The Hall–Kier alpha value is -0.470. The Morgan fingerprint density at radius 2 is 2.22 bits per heavy atom. The summed E-state index contributed by atoms with van der Waals surface area (Å²) < 4.78 is 31.7. The third-order valence-corrected chi connectivity index (χ3v) is 6.07. The Bertz CT molecular complexity index is 501. The first-order chi connectivity index (χ1) is 8.55. The molecule has 1 aromatic heterocycles. The largest absolute Gasteiger partial charge is 0.391 e. The second-order valence-electron chi connectivity index (χ2n) is 4.16. The van der Waals surface area contributed by atoms with Crippen LogP contribution >= 0.6 is 11.3 Å². The molecule has 0 saturated carbocycles. The normalized spacial score (nSPS) is 18.8. The zero-order chi connectivity index (χ0) is 13.2. The number of hydrogen-bond acceptors (Lipinski definition) is 5. The van der Waals surface area contributed by atoms with Crippen LogP contribution < -0.4 is 0 Å². The van der Waals surface area contributed by atoms with E-state index >= 15 is 0 Å². The van der Waals surface area contributed by atoms with Crippen LogP contribution in [-0.2, 0) is 21.4 Å². The first-order valence-electron chi connectivity index (χ1n) is 5.84. The lowest BCUT2D eigenvalue weighted by atomic mass is 10.4. The van der Waals surface area contributed by atoms with E-state index in [1.165, 1.54) is 15.6 Å². The molecule has 1 fully saturated rings. The average molecular weight is 291 g/mol. The predicted molar refractivity (Wildman–Crippen MR) is 69.2 cm³/mol. The smallest absolute Gasteiger partial charge is 0.244 e. The standard InChI is InChI=1S/C11H17NO4S2/c1-9-11(7-10(8-13)17-9)18(14,15)12-3-2-5-16-6-4-12/h7,13H,2-6,8H2,1H3. The highest BCUT2D eigenvalue weighted by atomic mass is 32.2. The second kappa shape index (κ2) is 5.66. The van der Waals surface area contributed by atoms with Gasteiger partial charge in [-0.1, -0.05) is 0 Å². The molecule has 1 aliphatic rings. The molecule has 0 unspecified atom stereocenters. The van der Waals surface area contributed by atoms with Crippen LogP contribution in [0.5, 0.6) is 0 Å². The molecule has 7 heteroatoms. The summed E-state index contributed by atoms with van der Waals surface area (Å²) in [6.07, 6.45) is 0.718. The van der Waals surface area contributed by atoms with E-state index in [4.69, 9.17) is 9.84 Å². The van der Waals surface area contributed by atoms with Gasteiger partial charge in [-0.05, 0) is 19.4 Å². The molecule has 1 aliphatic heterocycles. The number of aryl methyl sites for hydroxylation is 1. The van der Waals surface area contributed by atoms with E-state index in [9.17, 15) is 8.42 Å².